The third-order valence-electron chi connectivity index (χ3n) is 9.35. The Labute approximate surface area is 231 Å². The summed E-state index contributed by atoms with van der Waals surface area (Å²) in [5, 5.41) is 33.6. The van der Waals surface area contributed by atoms with Crippen LogP contribution in [0.3, 0.4) is 0 Å². The molecule has 3 saturated heterocycles. The summed E-state index contributed by atoms with van der Waals surface area (Å²) >= 11 is 0. The van der Waals surface area contributed by atoms with Crippen molar-refractivity contribution in [2.45, 2.75) is 121 Å². The molecule has 8 heteroatoms. The minimum atomic E-state index is -1.95. The van der Waals surface area contributed by atoms with Gasteiger partial charge in [-0.2, -0.15) is 0 Å². The SMILES string of the molecule is CC1=C[C@H]2C(=O)O[C@H]3C[C@@H](C/C=C(\C)C[C@@H](C)/C=C/C=C4\C(O)O[C@H]([C@@H]1O)[C@@]42O)O[C@@]1(CC[C@H](C)[C@@H](C)O1)C3. The number of fused-ring (bicyclic) bond motifs is 2. The van der Waals surface area contributed by atoms with Gasteiger partial charge >= 0.3 is 5.97 Å². The third-order valence-corrected chi connectivity index (χ3v) is 9.35. The summed E-state index contributed by atoms with van der Waals surface area (Å²) in [5.41, 5.74) is -0.100. The van der Waals surface area contributed by atoms with Gasteiger partial charge in [-0.3, -0.25) is 4.79 Å². The zero-order chi connectivity index (χ0) is 28.1. The third kappa shape index (κ3) is 5.44. The summed E-state index contributed by atoms with van der Waals surface area (Å²) in [6.45, 7) is 10.1. The van der Waals surface area contributed by atoms with E-state index >= 15 is 0 Å². The van der Waals surface area contributed by atoms with Gasteiger partial charge in [0.2, 0.25) is 0 Å². The van der Waals surface area contributed by atoms with Crippen molar-refractivity contribution in [3.8, 4) is 0 Å². The molecule has 216 valence electrons. The van der Waals surface area contributed by atoms with Gasteiger partial charge in [-0.05, 0) is 57.4 Å². The van der Waals surface area contributed by atoms with Crippen LogP contribution < -0.4 is 0 Å². The van der Waals surface area contributed by atoms with E-state index in [2.05, 4.69) is 33.8 Å². The maximum atomic E-state index is 13.8. The summed E-state index contributed by atoms with van der Waals surface area (Å²) in [5.74, 6) is -1.99. The molecule has 2 bridgehead atoms. The molecule has 39 heavy (non-hydrogen) atoms. The molecule has 0 aromatic carbocycles. The molecule has 1 unspecified atom stereocenters. The highest BCUT2D eigenvalue weighted by Gasteiger charge is 2.62. The Kier molecular flexibility index (Phi) is 8.01. The highest BCUT2D eigenvalue weighted by atomic mass is 16.7. The first-order valence-corrected chi connectivity index (χ1v) is 14.4. The topological polar surface area (TPSA) is 115 Å². The van der Waals surface area contributed by atoms with Gasteiger partial charge in [0.05, 0.1) is 12.2 Å². The number of rotatable bonds is 0. The van der Waals surface area contributed by atoms with Crippen LogP contribution in [-0.4, -0.2) is 69.5 Å². The highest BCUT2D eigenvalue weighted by molar-refractivity contribution is 5.78. The van der Waals surface area contributed by atoms with Crippen molar-refractivity contribution in [2.75, 3.05) is 0 Å². The van der Waals surface area contributed by atoms with Gasteiger partial charge in [0.1, 0.15) is 29.8 Å². The molecule has 0 aromatic heterocycles. The van der Waals surface area contributed by atoms with E-state index in [0.29, 0.717) is 30.8 Å². The second-order valence-electron chi connectivity index (χ2n) is 12.5. The molecule has 4 aliphatic heterocycles. The molecule has 4 heterocycles. The molecular formula is C31H44O8. The largest absolute Gasteiger partial charge is 0.462 e. The molecule has 1 spiro atoms. The maximum Gasteiger partial charge on any atom is 0.316 e. The van der Waals surface area contributed by atoms with E-state index in [1.54, 1.807) is 25.2 Å². The molecule has 8 nitrogen and oxygen atoms in total. The van der Waals surface area contributed by atoms with Crippen LogP contribution in [0.2, 0.25) is 0 Å². The number of hydrogen-bond donors (Lipinski definition) is 3. The number of aliphatic hydroxyl groups excluding tert-OH is 2. The molecule has 0 amide bonds. The van der Waals surface area contributed by atoms with E-state index in [-0.39, 0.29) is 23.7 Å². The maximum absolute atomic E-state index is 13.8. The van der Waals surface area contributed by atoms with Gasteiger partial charge in [0.25, 0.3) is 0 Å². The lowest BCUT2D eigenvalue weighted by molar-refractivity contribution is -0.332. The molecule has 0 aromatic rings. The molecule has 1 aliphatic carbocycles. The van der Waals surface area contributed by atoms with Crippen LogP contribution in [0, 0.1) is 17.8 Å². The van der Waals surface area contributed by atoms with Crippen molar-refractivity contribution < 1.29 is 39.1 Å². The second-order valence-corrected chi connectivity index (χ2v) is 12.5. The van der Waals surface area contributed by atoms with Crippen molar-refractivity contribution >= 4 is 5.97 Å². The summed E-state index contributed by atoms with van der Waals surface area (Å²) in [6, 6.07) is 0. The second kappa shape index (κ2) is 10.9. The Morgan fingerprint density at radius 3 is 2.59 bits per heavy atom. The summed E-state index contributed by atoms with van der Waals surface area (Å²) in [6.07, 6.45) is 8.81. The minimum Gasteiger partial charge on any atom is -0.462 e. The summed E-state index contributed by atoms with van der Waals surface area (Å²) < 4.78 is 24.9. The number of carbonyl (C=O) groups is 1. The Morgan fingerprint density at radius 2 is 1.85 bits per heavy atom. The molecule has 3 fully saturated rings. The van der Waals surface area contributed by atoms with Gasteiger partial charge in [-0.1, -0.05) is 49.8 Å². The van der Waals surface area contributed by atoms with Gasteiger partial charge in [0, 0.05) is 24.8 Å². The first-order chi connectivity index (χ1) is 18.4. The Hall–Kier alpha value is -1.81. The van der Waals surface area contributed by atoms with E-state index in [1.807, 2.05) is 6.08 Å². The van der Waals surface area contributed by atoms with Crippen LogP contribution in [0.25, 0.3) is 0 Å². The monoisotopic (exact) mass is 544 g/mol. The predicted octanol–water partition coefficient (Wildman–Crippen LogP) is 3.85. The number of carbonyl (C=O) groups excluding carboxylic acids is 1. The molecule has 0 radical (unpaired) electrons. The van der Waals surface area contributed by atoms with Gasteiger partial charge in [-0.25, -0.2) is 0 Å². The smallest absolute Gasteiger partial charge is 0.316 e. The van der Waals surface area contributed by atoms with E-state index in [1.165, 1.54) is 5.57 Å². The fourth-order valence-electron chi connectivity index (χ4n) is 6.91. The van der Waals surface area contributed by atoms with Crippen LogP contribution in [0.15, 0.2) is 47.1 Å². The van der Waals surface area contributed by atoms with Crippen LogP contribution >= 0.6 is 0 Å². The molecule has 11 atom stereocenters. The van der Waals surface area contributed by atoms with Crippen LogP contribution in [0.5, 0.6) is 0 Å². The Bertz CT molecular complexity index is 1080. The zero-order valence-corrected chi connectivity index (χ0v) is 23.7. The van der Waals surface area contributed by atoms with Crippen molar-refractivity contribution in [2.24, 2.45) is 17.8 Å². The van der Waals surface area contributed by atoms with Crippen LogP contribution in [0.4, 0.5) is 0 Å². The lowest BCUT2D eigenvalue weighted by atomic mass is 9.70. The predicted molar refractivity (Wildman–Crippen MR) is 144 cm³/mol. The van der Waals surface area contributed by atoms with Crippen LogP contribution in [0.1, 0.15) is 73.1 Å². The van der Waals surface area contributed by atoms with Gasteiger partial charge in [-0.15, -0.1) is 0 Å². The number of aliphatic hydroxyl groups is 3. The lowest BCUT2D eigenvalue weighted by Crippen LogP contribution is -2.58. The number of esters is 1. The van der Waals surface area contributed by atoms with Gasteiger partial charge in [0.15, 0.2) is 12.1 Å². The minimum absolute atomic E-state index is 0.0216. The average molecular weight is 545 g/mol. The van der Waals surface area contributed by atoms with Crippen molar-refractivity contribution in [3.05, 3.63) is 47.1 Å². The lowest BCUT2D eigenvalue weighted by Gasteiger charge is -2.49. The molecule has 3 N–H and O–H groups in total. The van der Waals surface area contributed by atoms with E-state index in [4.69, 9.17) is 18.9 Å². The molecule has 5 aliphatic rings. The Balaban J connectivity index is 1.53. The zero-order valence-electron chi connectivity index (χ0n) is 23.7. The quantitative estimate of drug-likeness (QED) is 0.311. The fourth-order valence-corrected chi connectivity index (χ4v) is 6.91. The standard InChI is InChI=1S/C31H44O8/c1-17-7-6-8-24-28(33)37-27-26(32)20(4)14-25(31(24,27)35)29(34)36-23-15-22(10-9-18(2)13-17)39-30(16-23)12-11-19(3)21(5)38-30/h6-9,14,17,19,21-23,25-28,32-33,35H,10-13,15-16H2,1-5H3/b7-6+,18-9+,24-8+/t17-,19-,21+,22+,23-,25-,26+,27+,28?,30-,31+/m0/s1. The number of hydrogen-bond acceptors (Lipinski definition) is 8. The molecule has 5 rings (SSSR count). The summed E-state index contributed by atoms with van der Waals surface area (Å²) in [4.78, 5) is 13.8. The first kappa shape index (κ1) is 28.7. The summed E-state index contributed by atoms with van der Waals surface area (Å²) in [7, 11) is 0. The molecular weight excluding hydrogens is 500 g/mol. The average Bonchev–Trinajstić information content (AvgIpc) is 3.13. The normalized spacial score (nSPS) is 50.6. The van der Waals surface area contributed by atoms with Crippen molar-refractivity contribution in [3.63, 3.8) is 0 Å². The Morgan fingerprint density at radius 1 is 1.08 bits per heavy atom. The molecule has 0 saturated carbocycles. The first-order valence-electron chi connectivity index (χ1n) is 14.4. The van der Waals surface area contributed by atoms with E-state index in [0.717, 1.165) is 19.3 Å². The van der Waals surface area contributed by atoms with E-state index < -0.39 is 47.9 Å². The number of allylic oxidation sites excluding steroid dienone is 4. The fraction of sp³-hybridized carbons (Fsp3) is 0.710. The highest BCUT2D eigenvalue weighted by Crippen LogP contribution is 2.48. The van der Waals surface area contributed by atoms with Crippen molar-refractivity contribution in [1.29, 1.82) is 0 Å². The van der Waals surface area contributed by atoms with Crippen LogP contribution in [-0.2, 0) is 23.7 Å². The van der Waals surface area contributed by atoms with E-state index in [9.17, 15) is 20.1 Å². The van der Waals surface area contributed by atoms with Crippen molar-refractivity contribution in [1.82, 2.24) is 0 Å². The number of ether oxygens (including phenoxy) is 4. The van der Waals surface area contributed by atoms with Gasteiger partial charge < -0.3 is 34.3 Å².